The van der Waals surface area contributed by atoms with Crippen molar-refractivity contribution in [3.05, 3.63) is 84.7 Å². The highest BCUT2D eigenvalue weighted by Crippen LogP contribution is 2.37. The minimum atomic E-state index is -0.292. The van der Waals surface area contributed by atoms with Crippen LogP contribution in [0, 0.1) is 0 Å². The number of rotatable bonds is 12. The van der Waals surface area contributed by atoms with Gasteiger partial charge in [0.05, 0.1) is 42.5 Å². The summed E-state index contributed by atoms with van der Waals surface area (Å²) in [5.41, 5.74) is 5.27. The summed E-state index contributed by atoms with van der Waals surface area (Å²) in [6, 6.07) is 20.9. The second-order valence-corrected chi connectivity index (χ2v) is 10.4. The first-order chi connectivity index (χ1) is 20.9. The zero-order valence-corrected chi connectivity index (χ0v) is 25.1. The lowest BCUT2D eigenvalue weighted by Crippen LogP contribution is -2.18. The van der Waals surface area contributed by atoms with E-state index in [1.54, 1.807) is 38.6 Å². The van der Waals surface area contributed by atoms with Gasteiger partial charge in [-0.25, -0.2) is 9.97 Å². The number of hydrogen-bond acceptors (Lipinski definition) is 8. The average molecular weight is 580 g/mol. The molecule has 5 aromatic rings. The van der Waals surface area contributed by atoms with Crippen molar-refractivity contribution in [2.24, 2.45) is 7.05 Å². The zero-order valence-electron chi connectivity index (χ0n) is 25.1. The Labute approximate surface area is 251 Å². The molecule has 0 fully saturated rings. The van der Waals surface area contributed by atoms with E-state index < -0.39 is 0 Å². The van der Waals surface area contributed by atoms with Crippen LogP contribution in [-0.4, -0.2) is 66.7 Å². The van der Waals surface area contributed by atoms with Gasteiger partial charge in [-0.05, 0) is 57.4 Å². The molecule has 0 aliphatic rings. The van der Waals surface area contributed by atoms with Gasteiger partial charge in [-0.1, -0.05) is 30.3 Å². The lowest BCUT2D eigenvalue weighted by atomic mass is 10.1. The number of benzene rings is 3. The molecule has 5 rings (SSSR count). The highest BCUT2D eigenvalue weighted by molar-refractivity contribution is 6.08. The van der Waals surface area contributed by atoms with E-state index in [4.69, 9.17) is 14.5 Å². The van der Waals surface area contributed by atoms with Crippen LogP contribution in [0.3, 0.4) is 0 Å². The smallest absolute Gasteiger partial charge is 0.259 e. The van der Waals surface area contributed by atoms with Crippen molar-refractivity contribution in [1.82, 2.24) is 19.4 Å². The molecular formula is C33H37N7O3. The molecule has 10 nitrogen and oxygen atoms in total. The van der Waals surface area contributed by atoms with Gasteiger partial charge >= 0.3 is 0 Å². The monoisotopic (exact) mass is 579 g/mol. The Hall–Kier alpha value is -5.09. The van der Waals surface area contributed by atoms with Crippen LogP contribution in [0.4, 0.5) is 23.0 Å². The van der Waals surface area contributed by atoms with E-state index >= 15 is 0 Å². The number of aryl methyl sites for hydroxylation is 1. The van der Waals surface area contributed by atoms with Crippen LogP contribution >= 0.6 is 0 Å². The molecule has 2 aromatic heterocycles. The van der Waals surface area contributed by atoms with Crippen LogP contribution in [0.2, 0.25) is 0 Å². The van der Waals surface area contributed by atoms with Crippen LogP contribution in [0.5, 0.6) is 11.5 Å². The van der Waals surface area contributed by atoms with E-state index in [1.165, 1.54) is 0 Å². The summed E-state index contributed by atoms with van der Waals surface area (Å²) in [7, 11) is 9.26. The maximum absolute atomic E-state index is 13.4. The molecule has 3 N–H and O–H groups in total. The van der Waals surface area contributed by atoms with Gasteiger partial charge in [0.1, 0.15) is 11.5 Å². The van der Waals surface area contributed by atoms with Crippen molar-refractivity contribution >= 4 is 39.8 Å². The second-order valence-electron chi connectivity index (χ2n) is 10.4. The molecule has 222 valence electrons. The molecule has 1 amide bonds. The van der Waals surface area contributed by atoms with E-state index in [9.17, 15) is 4.79 Å². The Morgan fingerprint density at radius 1 is 0.930 bits per heavy atom. The van der Waals surface area contributed by atoms with Crippen LogP contribution in [0.25, 0.3) is 22.2 Å². The second kappa shape index (κ2) is 13.3. The third-order valence-electron chi connectivity index (χ3n) is 7.11. The third-order valence-corrected chi connectivity index (χ3v) is 7.11. The molecule has 0 saturated heterocycles. The van der Waals surface area contributed by atoms with Gasteiger partial charge in [-0.15, -0.1) is 0 Å². The SMILES string of the molecule is COc1cc(NCCCN(C)C)c(NC(=O)c2ccccc2OC)cc1Nc1nccc(-c2cn(C)c3ccccc23)n1. The number of nitrogens with zero attached hydrogens (tertiary/aromatic N) is 4. The third kappa shape index (κ3) is 6.70. The maximum Gasteiger partial charge on any atom is 0.259 e. The van der Waals surface area contributed by atoms with Gasteiger partial charge in [-0.2, -0.15) is 0 Å². The number of nitrogens with one attached hydrogen (secondary N) is 3. The first-order valence-electron chi connectivity index (χ1n) is 14.1. The number of methoxy groups -OCH3 is 2. The molecule has 2 heterocycles. The Kier molecular flexibility index (Phi) is 9.07. The number of anilines is 4. The zero-order chi connectivity index (χ0) is 30.3. The van der Waals surface area contributed by atoms with Crippen LogP contribution < -0.4 is 25.4 Å². The van der Waals surface area contributed by atoms with Gasteiger partial charge < -0.3 is 34.9 Å². The van der Waals surface area contributed by atoms with Gasteiger partial charge in [0.15, 0.2) is 0 Å². The normalized spacial score (nSPS) is 11.0. The standard InChI is InChI=1S/C33H37N7O3/c1-39(2)18-10-16-34-26-20-31(43-5)28(19-27(26)36-32(41)23-12-7-9-14-30(23)42-4)38-33-35-17-15-25(37-33)24-21-40(3)29-13-8-6-11-22(24)29/h6-9,11-15,17,19-21,34H,10,16,18H2,1-5H3,(H,36,41)(H,35,37,38). The summed E-state index contributed by atoms with van der Waals surface area (Å²) in [6.45, 7) is 1.64. The summed E-state index contributed by atoms with van der Waals surface area (Å²) in [5, 5.41) is 10.9. The maximum atomic E-state index is 13.4. The van der Waals surface area contributed by atoms with Crippen molar-refractivity contribution in [3.63, 3.8) is 0 Å². The molecular weight excluding hydrogens is 542 g/mol. The average Bonchev–Trinajstić information content (AvgIpc) is 3.36. The van der Waals surface area contributed by atoms with Crippen molar-refractivity contribution in [2.45, 2.75) is 6.42 Å². The molecule has 43 heavy (non-hydrogen) atoms. The predicted molar refractivity (Wildman–Crippen MR) is 173 cm³/mol. The van der Waals surface area contributed by atoms with E-state index in [0.717, 1.165) is 40.8 Å². The predicted octanol–water partition coefficient (Wildman–Crippen LogP) is 6.01. The molecule has 10 heteroatoms. The highest BCUT2D eigenvalue weighted by atomic mass is 16.5. The van der Waals surface area contributed by atoms with E-state index in [-0.39, 0.29) is 5.91 Å². The summed E-state index contributed by atoms with van der Waals surface area (Å²) >= 11 is 0. The molecule has 0 unspecified atom stereocenters. The number of carbonyl (C=O) groups is 1. The number of carbonyl (C=O) groups excluding carboxylic acids is 1. The molecule has 0 radical (unpaired) electrons. The lowest BCUT2D eigenvalue weighted by Gasteiger charge is -2.19. The summed E-state index contributed by atoms with van der Waals surface area (Å²) < 4.78 is 13.3. The Bertz CT molecular complexity index is 1730. The van der Waals surface area contributed by atoms with Crippen LogP contribution in [-0.2, 0) is 7.05 Å². The summed E-state index contributed by atoms with van der Waals surface area (Å²) in [5.74, 6) is 1.17. The number of ether oxygens (including phenoxy) is 2. The Morgan fingerprint density at radius 3 is 2.49 bits per heavy atom. The molecule has 0 spiro atoms. The molecule has 0 atom stereocenters. The fraction of sp³-hybridized carbons (Fsp3) is 0.242. The number of hydrogen-bond donors (Lipinski definition) is 3. The van der Waals surface area contributed by atoms with Crippen LogP contribution in [0.15, 0.2) is 79.1 Å². The van der Waals surface area contributed by atoms with E-state index in [0.29, 0.717) is 40.9 Å². The van der Waals surface area contributed by atoms with E-state index in [1.807, 2.05) is 57.5 Å². The minimum absolute atomic E-state index is 0.292. The minimum Gasteiger partial charge on any atom is -0.496 e. The van der Waals surface area contributed by atoms with Crippen molar-refractivity contribution < 1.29 is 14.3 Å². The summed E-state index contributed by atoms with van der Waals surface area (Å²) in [6.07, 6.45) is 4.72. The molecule has 0 saturated carbocycles. The van der Waals surface area contributed by atoms with Crippen molar-refractivity contribution in [2.75, 3.05) is 57.4 Å². The van der Waals surface area contributed by atoms with Crippen molar-refractivity contribution in [3.8, 4) is 22.8 Å². The quantitative estimate of drug-likeness (QED) is 0.154. The number of fused-ring (bicyclic) bond motifs is 1. The number of aromatic nitrogens is 3. The fourth-order valence-electron chi connectivity index (χ4n) is 4.97. The van der Waals surface area contributed by atoms with Gasteiger partial charge in [0.2, 0.25) is 5.95 Å². The first-order valence-corrected chi connectivity index (χ1v) is 14.1. The van der Waals surface area contributed by atoms with E-state index in [2.05, 4.69) is 48.7 Å². The van der Waals surface area contributed by atoms with Crippen molar-refractivity contribution in [1.29, 1.82) is 0 Å². The number of para-hydroxylation sites is 2. The van der Waals surface area contributed by atoms with Gasteiger partial charge in [0.25, 0.3) is 5.91 Å². The molecule has 0 aliphatic heterocycles. The Balaban J connectivity index is 1.48. The lowest BCUT2D eigenvalue weighted by molar-refractivity contribution is 0.102. The topological polar surface area (TPSA) is 106 Å². The summed E-state index contributed by atoms with van der Waals surface area (Å²) in [4.78, 5) is 24.8. The highest BCUT2D eigenvalue weighted by Gasteiger charge is 2.18. The first kappa shape index (κ1) is 29.4. The molecule has 3 aromatic carbocycles. The Morgan fingerprint density at radius 2 is 1.70 bits per heavy atom. The van der Waals surface area contributed by atoms with Gasteiger partial charge in [-0.3, -0.25) is 4.79 Å². The van der Waals surface area contributed by atoms with Gasteiger partial charge in [0, 0.05) is 48.5 Å². The fourth-order valence-corrected chi connectivity index (χ4v) is 4.97. The van der Waals surface area contributed by atoms with Crippen LogP contribution in [0.1, 0.15) is 16.8 Å². The largest absolute Gasteiger partial charge is 0.496 e. The molecule has 0 aliphatic carbocycles. The molecule has 0 bridgehead atoms. The number of amides is 1.